The highest BCUT2D eigenvalue weighted by atomic mass is 35.5. The van der Waals surface area contributed by atoms with Crippen LogP contribution in [0.25, 0.3) is 6.08 Å². The Morgan fingerprint density at radius 1 is 1.00 bits per heavy atom. The first-order valence-electron chi connectivity index (χ1n) is 10.1. The van der Waals surface area contributed by atoms with Gasteiger partial charge in [0, 0.05) is 21.2 Å². The van der Waals surface area contributed by atoms with E-state index < -0.39 is 0 Å². The minimum absolute atomic E-state index is 0.133. The molecule has 0 spiro atoms. The number of allylic oxidation sites excluding steroid dienone is 1. The summed E-state index contributed by atoms with van der Waals surface area (Å²) in [6.45, 7) is 6.39. The molecular formula is C26H22Cl2O3. The summed E-state index contributed by atoms with van der Waals surface area (Å²) in [7, 11) is 0. The fraction of sp³-hybridized carbons (Fsp3) is 0.192. The summed E-state index contributed by atoms with van der Waals surface area (Å²) in [5.41, 5.74) is 4.18. The van der Waals surface area contributed by atoms with E-state index in [1.54, 1.807) is 36.4 Å². The van der Waals surface area contributed by atoms with Crippen molar-refractivity contribution in [3.05, 3.63) is 98.2 Å². The molecule has 31 heavy (non-hydrogen) atoms. The highest BCUT2D eigenvalue weighted by Crippen LogP contribution is 2.40. The van der Waals surface area contributed by atoms with Gasteiger partial charge in [-0.15, -0.1) is 0 Å². The Labute approximate surface area is 192 Å². The number of ketones is 1. The maximum Gasteiger partial charge on any atom is 0.231 e. The van der Waals surface area contributed by atoms with Crippen molar-refractivity contribution in [3.63, 3.8) is 0 Å². The molecular weight excluding hydrogens is 431 g/mol. The van der Waals surface area contributed by atoms with Crippen molar-refractivity contribution in [2.24, 2.45) is 0 Å². The quantitative estimate of drug-likeness (QED) is 0.373. The molecule has 0 radical (unpaired) electrons. The highest BCUT2D eigenvalue weighted by molar-refractivity contribution is 6.35. The molecule has 0 saturated heterocycles. The van der Waals surface area contributed by atoms with E-state index in [1.807, 2.05) is 19.1 Å². The Hall–Kier alpha value is -2.75. The van der Waals surface area contributed by atoms with E-state index in [4.69, 9.17) is 32.7 Å². The van der Waals surface area contributed by atoms with Gasteiger partial charge in [-0.2, -0.15) is 0 Å². The molecule has 1 aliphatic heterocycles. The molecule has 4 rings (SSSR count). The van der Waals surface area contributed by atoms with E-state index in [9.17, 15) is 4.79 Å². The van der Waals surface area contributed by atoms with Crippen molar-refractivity contribution in [3.8, 4) is 11.5 Å². The van der Waals surface area contributed by atoms with Gasteiger partial charge in [0.05, 0.1) is 5.56 Å². The minimum Gasteiger partial charge on any atom is -0.488 e. The lowest BCUT2D eigenvalue weighted by Gasteiger charge is -2.13. The molecule has 0 unspecified atom stereocenters. The Bertz CT molecular complexity index is 1160. The number of hydrogen-bond acceptors (Lipinski definition) is 3. The molecule has 0 bridgehead atoms. The van der Waals surface area contributed by atoms with Gasteiger partial charge < -0.3 is 9.47 Å². The normalized spacial score (nSPS) is 14.1. The summed E-state index contributed by atoms with van der Waals surface area (Å²) in [6, 6.07) is 17.0. The SMILES string of the molecule is Cc1c(OCc2c(Cl)cccc2Cl)ccc2c1O/C(=C\c1ccc(C(C)C)cc1)C2=O. The number of hydrogen-bond donors (Lipinski definition) is 0. The average molecular weight is 453 g/mol. The van der Waals surface area contributed by atoms with Crippen LogP contribution in [0.5, 0.6) is 11.5 Å². The Balaban J connectivity index is 1.56. The third kappa shape index (κ3) is 4.34. The lowest BCUT2D eigenvalue weighted by Crippen LogP contribution is -2.00. The largest absolute Gasteiger partial charge is 0.488 e. The van der Waals surface area contributed by atoms with Gasteiger partial charge >= 0.3 is 0 Å². The van der Waals surface area contributed by atoms with Gasteiger partial charge in [0.25, 0.3) is 0 Å². The molecule has 0 fully saturated rings. The zero-order valence-electron chi connectivity index (χ0n) is 17.5. The first-order chi connectivity index (χ1) is 14.8. The van der Waals surface area contributed by atoms with Crippen LogP contribution in [-0.2, 0) is 6.61 Å². The van der Waals surface area contributed by atoms with E-state index in [0.29, 0.717) is 44.3 Å². The van der Waals surface area contributed by atoms with Crippen LogP contribution < -0.4 is 9.47 Å². The van der Waals surface area contributed by atoms with Gasteiger partial charge in [-0.25, -0.2) is 0 Å². The second kappa shape index (κ2) is 8.78. The maximum atomic E-state index is 12.8. The van der Waals surface area contributed by atoms with Gasteiger partial charge in [0.1, 0.15) is 18.1 Å². The molecule has 3 aromatic carbocycles. The predicted octanol–water partition coefficient (Wildman–Crippen LogP) is 7.62. The molecule has 0 aromatic heterocycles. The van der Waals surface area contributed by atoms with Gasteiger partial charge in [-0.05, 0) is 54.3 Å². The van der Waals surface area contributed by atoms with Crippen molar-refractivity contribution < 1.29 is 14.3 Å². The Kier molecular flexibility index (Phi) is 6.08. The number of carbonyl (C=O) groups excluding carboxylic acids is 1. The fourth-order valence-electron chi connectivity index (χ4n) is 3.47. The van der Waals surface area contributed by atoms with Crippen molar-refractivity contribution in [1.82, 2.24) is 0 Å². The summed E-state index contributed by atoms with van der Waals surface area (Å²) >= 11 is 12.5. The fourth-order valence-corrected chi connectivity index (χ4v) is 3.98. The molecule has 0 saturated carbocycles. The van der Waals surface area contributed by atoms with Crippen LogP contribution in [0.15, 0.2) is 60.4 Å². The zero-order valence-corrected chi connectivity index (χ0v) is 19.1. The minimum atomic E-state index is -0.133. The molecule has 0 amide bonds. The number of halogens is 2. The lowest BCUT2D eigenvalue weighted by atomic mass is 10.0. The van der Waals surface area contributed by atoms with Gasteiger partial charge in [-0.3, -0.25) is 4.79 Å². The number of fused-ring (bicyclic) bond motifs is 1. The first kappa shape index (κ1) is 21.5. The number of Topliss-reactive ketones (excluding diaryl/α,β-unsaturated/α-hetero) is 1. The molecule has 3 aromatic rings. The molecule has 1 heterocycles. The molecule has 1 aliphatic rings. The Morgan fingerprint density at radius 3 is 2.32 bits per heavy atom. The third-order valence-corrected chi connectivity index (χ3v) is 6.08. The number of benzene rings is 3. The van der Waals surface area contributed by atoms with Gasteiger partial charge in [0.2, 0.25) is 5.78 Å². The first-order valence-corrected chi connectivity index (χ1v) is 10.8. The molecule has 0 aliphatic carbocycles. The molecule has 5 heteroatoms. The van der Waals surface area contributed by atoms with Crippen molar-refractivity contribution in [2.45, 2.75) is 33.3 Å². The average Bonchev–Trinajstić information content (AvgIpc) is 3.06. The summed E-state index contributed by atoms with van der Waals surface area (Å²) in [4.78, 5) is 12.8. The summed E-state index contributed by atoms with van der Waals surface area (Å²) in [5.74, 6) is 1.77. The summed E-state index contributed by atoms with van der Waals surface area (Å²) in [6.07, 6.45) is 1.77. The van der Waals surface area contributed by atoms with Crippen molar-refractivity contribution >= 4 is 35.1 Å². The highest BCUT2D eigenvalue weighted by Gasteiger charge is 2.30. The van der Waals surface area contributed by atoms with Gasteiger partial charge in [-0.1, -0.05) is 67.4 Å². The molecule has 158 valence electrons. The smallest absolute Gasteiger partial charge is 0.231 e. The van der Waals surface area contributed by atoms with E-state index in [2.05, 4.69) is 26.0 Å². The summed E-state index contributed by atoms with van der Waals surface area (Å²) in [5, 5.41) is 1.10. The third-order valence-electron chi connectivity index (χ3n) is 5.37. The van der Waals surface area contributed by atoms with Crippen molar-refractivity contribution in [2.75, 3.05) is 0 Å². The van der Waals surface area contributed by atoms with E-state index in [-0.39, 0.29) is 12.4 Å². The van der Waals surface area contributed by atoms with Crippen LogP contribution in [0.3, 0.4) is 0 Å². The van der Waals surface area contributed by atoms with E-state index >= 15 is 0 Å². The topological polar surface area (TPSA) is 35.5 Å². The number of carbonyl (C=O) groups is 1. The van der Waals surface area contributed by atoms with Crippen LogP contribution >= 0.6 is 23.2 Å². The Morgan fingerprint density at radius 2 is 1.68 bits per heavy atom. The van der Waals surface area contributed by atoms with Gasteiger partial charge in [0.15, 0.2) is 5.76 Å². The molecule has 3 nitrogen and oxygen atoms in total. The zero-order chi connectivity index (χ0) is 22.1. The van der Waals surface area contributed by atoms with Crippen LogP contribution in [0.4, 0.5) is 0 Å². The lowest BCUT2D eigenvalue weighted by molar-refractivity contribution is 0.101. The van der Waals surface area contributed by atoms with E-state index in [1.165, 1.54) is 5.56 Å². The molecule has 0 N–H and O–H groups in total. The van der Waals surface area contributed by atoms with Crippen LogP contribution in [0.1, 0.15) is 52.4 Å². The van der Waals surface area contributed by atoms with Crippen LogP contribution in [0, 0.1) is 6.92 Å². The molecule has 0 atom stereocenters. The van der Waals surface area contributed by atoms with Crippen molar-refractivity contribution in [1.29, 1.82) is 0 Å². The summed E-state index contributed by atoms with van der Waals surface area (Å²) < 4.78 is 11.9. The van der Waals surface area contributed by atoms with Crippen LogP contribution in [-0.4, -0.2) is 5.78 Å². The second-order valence-electron chi connectivity index (χ2n) is 7.82. The predicted molar refractivity (Wildman–Crippen MR) is 125 cm³/mol. The standard InChI is InChI=1S/C26H22Cl2O3/c1-15(2)18-9-7-17(8-10-18)13-24-25(29)19-11-12-23(16(3)26(19)31-24)30-14-20-21(27)5-4-6-22(20)28/h4-13,15H,14H2,1-3H3/b24-13-. The second-order valence-corrected chi connectivity index (χ2v) is 8.63. The number of ether oxygens (including phenoxy) is 2. The monoisotopic (exact) mass is 452 g/mol. The van der Waals surface area contributed by atoms with E-state index in [0.717, 1.165) is 11.1 Å². The maximum absolute atomic E-state index is 12.8. The van der Waals surface area contributed by atoms with Crippen LogP contribution in [0.2, 0.25) is 10.0 Å². The number of rotatable bonds is 5.